The summed E-state index contributed by atoms with van der Waals surface area (Å²) in [7, 11) is 0. The summed E-state index contributed by atoms with van der Waals surface area (Å²) in [5.74, 6) is -0.235. The van der Waals surface area contributed by atoms with Crippen LogP contribution in [0.15, 0.2) is 24.3 Å². The summed E-state index contributed by atoms with van der Waals surface area (Å²) in [6.07, 6.45) is 4.10. The van der Waals surface area contributed by atoms with Crippen LogP contribution in [-0.2, 0) is 25.7 Å². The third-order valence-corrected chi connectivity index (χ3v) is 4.33. The van der Waals surface area contributed by atoms with Crippen LogP contribution in [0.2, 0.25) is 0 Å². The van der Waals surface area contributed by atoms with E-state index in [0.29, 0.717) is 0 Å². The zero-order valence-corrected chi connectivity index (χ0v) is 15.1. The lowest BCUT2D eigenvalue weighted by molar-refractivity contribution is -0.162. The van der Waals surface area contributed by atoms with Crippen LogP contribution in [0.25, 0.3) is 0 Å². The van der Waals surface area contributed by atoms with E-state index in [-0.39, 0.29) is 30.4 Å². The van der Waals surface area contributed by atoms with Crippen LogP contribution in [0.3, 0.4) is 0 Å². The number of carbonyl (C=O) groups excluding carboxylic acids is 2. The van der Waals surface area contributed by atoms with Gasteiger partial charge in [-0.3, -0.25) is 9.59 Å². The zero-order chi connectivity index (χ0) is 17.7. The first-order chi connectivity index (χ1) is 11.3. The lowest BCUT2D eigenvalue weighted by atomic mass is 9.75. The van der Waals surface area contributed by atoms with E-state index in [9.17, 15) is 9.59 Å². The Kier molecular flexibility index (Phi) is 6.03. The number of esters is 2. The highest BCUT2D eigenvalue weighted by Gasteiger charge is 2.34. The SMILES string of the molecule is CC(=O)OCc1ccc([C@@H]2CCCC[C@H]2C(=O)OC(C)(C)C)cc1. The van der Waals surface area contributed by atoms with E-state index in [1.54, 1.807) is 0 Å². The zero-order valence-electron chi connectivity index (χ0n) is 15.1. The number of benzene rings is 1. The van der Waals surface area contributed by atoms with Gasteiger partial charge in [0.15, 0.2) is 0 Å². The normalized spacial score (nSPS) is 21.2. The average Bonchev–Trinajstić information content (AvgIpc) is 2.52. The molecule has 0 saturated heterocycles. The average molecular weight is 332 g/mol. The van der Waals surface area contributed by atoms with Gasteiger partial charge in [0.1, 0.15) is 12.2 Å². The Morgan fingerprint density at radius 2 is 1.71 bits per heavy atom. The smallest absolute Gasteiger partial charge is 0.310 e. The number of carbonyl (C=O) groups is 2. The number of hydrogen-bond acceptors (Lipinski definition) is 4. The number of rotatable bonds is 4. The highest BCUT2D eigenvalue weighted by molar-refractivity contribution is 5.74. The van der Waals surface area contributed by atoms with E-state index in [2.05, 4.69) is 0 Å². The van der Waals surface area contributed by atoms with Crippen LogP contribution in [0.4, 0.5) is 0 Å². The summed E-state index contributed by atoms with van der Waals surface area (Å²) in [5, 5.41) is 0. The molecule has 1 fully saturated rings. The molecule has 0 spiro atoms. The Bertz CT molecular complexity index is 568. The van der Waals surface area contributed by atoms with Crippen LogP contribution in [0.5, 0.6) is 0 Å². The van der Waals surface area contributed by atoms with E-state index in [4.69, 9.17) is 9.47 Å². The maximum absolute atomic E-state index is 12.6. The third kappa shape index (κ3) is 5.36. The Morgan fingerprint density at radius 3 is 2.29 bits per heavy atom. The second kappa shape index (κ2) is 7.82. The second-order valence-corrected chi connectivity index (χ2v) is 7.55. The molecule has 0 radical (unpaired) electrons. The first kappa shape index (κ1) is 18.5. The largest absolute Gasteiger partial charge is 0.461 e. The minimum atomic E-state index is -0.451. The molecule has 2 atom stereocenters. The summed E-state index contributed by atoms with van der Waals surface area (Å²) in [6.45, 7) is 7.42. The van der Waals surface area contributed by atoms with Crippen molar-refractivity contribution in [2.75, 3.05) is 0 Å². The highest BCUT2D eigenvalue weighted by atomic mass is 16.6. The molecule has 4 heteroatoms. The molecule has 0 aromatic heterocycles. The topological polar surface area (TPSA) is 52.6 Å². The van der Waals surface area contributed by atoms with Gasteiger partial charge in [-0.25, -0.2) is 0 Å². The van der Waals surface area contributed by atoms with Gasteiger partial charge in [-0.2, -0.15) is 0 Å². The summed E-state index contributed by atoms with van der Waals surface area (Å²) >= 11 is 0. The molecule has 1 aliphatic carbocycles. The van der Waals surface area contributed by atoms with Gasteiger partial charge in [-0.15, -0.1) is 0 Å². The number of ether oxygens (including phenoxy) is 2. The highest BCUT2D eigenvalue weighted by Crippen LogP contribution is 2.39. The molecule has 0 aliphatic heterocycles. The van der Waals surface area contributed by atoms with Crippen molar-refractivity contribution in [3.63, 3.8) is 0 Å². The molecule has 1 aliphatic rings. The van der Waals surface area contributed by atoms with Crippen LogP contribution < -0.4 is 0 Å². The van der Waals surface area contributed by atoms with Crippen molar-refractivity contribution in [2.24, 2.45) is 5.92 Å². The second-order valence-electron chi connectivity index (χ2n) is 7.55. The number of hydrogen-bond donors (Lipinski definition) is 0. The first-order valence-corrected chi connectivity index (χ1v) is 8.71. The summed E-state index contributed by atoms with van der Waals surface area (Å²) < 4.78 is 10.6. The fourth-order valence-electron chi connectivity index (χ4n) is 3.24. The Balaban J connectivity index is 2.09. The summed E-state index contributed by atoms with van der Waals surface area (Å²) in [4.78, 5) is 23.5. The quantitative estimate of drug-likeness (QED) is 0.769. The van der Waals surface area contributed by atoms with E-state index >= 15 is 0 Å². The van der Waals surface area contributed by atoms with Gasteiger partial charge in [0, 0.05) is 6.92 Å². The van der Waals surface area contributed by atoms with Crippen LogP contribution in [-0.4, -0.2) is 17.5 Å². The molecule has 0 amide bonds. The predicted octanol–water partition coefficient (Wildman–Crippen LogP) is 4.37. The molecule has 0 N–H and O–H groups in total. The Morgan fingerprint density at radius 1 is 1.08 bits per heavy atom. The molecule has 0 unspecified atom stereocenters. The summed E-state index contributed by atoms with van der Waals surface area (Å²) in [6, 6.07) is 8.04. The molecular weight excluding hydrogens is 304 g/mol. The van der Waals surface area contributed by atoms with Gasteiger partial charge in [0.2, 0.25) is 0 Å². The molecule has 0 bridgehead atoms. The van der Waals surface area contributed by atoms with Gasteiger partial charge in [0.25, 0.3) is 0 Å². The van der Waals surface area contributed by atoms with Crippen molar-refractivity contribution in [1.82, 2.24) is 0 Å². The van der Waals surface area contributed by atoms with E-state index in [1.807, 2.05) is 45.0 Å². The maximum Gasteiger partial charge on any atom is 0.310 e. The van der Waals surface area contributed by atoms with Gasteiger partial charge < -0.3 is 9.47 Å². The standard InChI is InChI=1S/C20H28O4/c1-14(21)23-13-15-9-11-16(12-10-15)17-7-5-6-8-18(17)19(22)24-20(2,3)4/h9-12,17-18H,5-8,13H2,1-4H3/t17-,18+/m0/s1. The third-order valence-electron chi connectivity index (χ3n) is 4.33. The van der Waals surface area contributed by atoms with Crippen molar-refractivity contribution >= 4 is 11.9 Å². The Hall–Kier alpha value is -1.84. The van der Waals surface area contributed by atoms with Crippen LogP contribution in [0, 0.1) is 5.92 Å². The van der Waals surface area contributed by atoms with Gasteiger partial charge in [-0.05, 0) is 50.7 Å². The Labute approximate surface area is 144 Å². The van der Waals surface area contributed by atoms with Gasteiger partial charge in [-0.1, -0.05) is 37.1 Å². The van der Waals surface area contributed by atoms with E-state index in [0.717, 1.165) is 36.8 Å². The van der Waals surface area contributed by atoms with Crippen molar-refractivity contribution < 1.29 is 19.1 Å². The van der Waals surface area contributed by atoms with Crippen molar-refractivity contribution in [1.29, 1.82) is 0 Å². The summed E-state index contributed by atoms with van der Waals surface area (Å²) in [5.41, 5.74) is 1.67. The van der Waals surface area contributed by atoms with Gasteiger partial charge in [0.05, 0.1) is 5.92 Å². The van der Waals surface area contributed by atoms with Crippen molar-refractivity contribution in [3.8, 4) is 0 Å². The first-order valence-electron chi connectivity index (χ1n) is 8.71. The van der Waals surface area contributed by atoms with Crippen LogP contribution in [0.1, 0.15) is 70.4 Å². The molecule has 2 rings (SSSR count). The molecule has 1 saturated carbocycles. The van der Waals surface area contributed by atoms with E-state index < -0.39 is 5.60 Å². The minimum Gasteiger partial charge on any atom is -0.461 e. The van der Waals surface area contributed by atoms with Crippen LogP contribution >= 0.6 is 0 Å². The molecule has 1 aromatic rings. The molecule has 24 heavy (non-hydrogen) atoms. The van der Waals surface area contributed by atoms with E-state index in [1.165, 1.54) is 6.92 Å². The van der Waals surface area contributed by atoms with Crippen molar-refractivity contribution in [2.45, 2.75) is 71.5 Å². The lowest BCUT2D eigenvalue weighted by Gasteiger charge is -2.32. The molecule has 0 heterocycles. The fourth-order valence-corrected chi connectivity index (χ4v) is 3.24. The lowest BCUT2D eigenvalue weighted by Crippen LogP contribution is -2.33. The fraction of sp³-hybridized carbons (Fsp3) is 0.600. The molecule has 132 valence electrons. The predicted molar refractivity (Wildman–Crippen MR) is 92.5 cm³/mol. The molecule has 4 nitrogen and oxygen atoms in total. The minimum absolute atomic E-state index is 0.0719. The maximum atomic E-state index is 12.6. The molecule has 1 aromatic carbocycles. The molecular formula is C20H28O4. The van der Waals surface area contributed by atoms with Gasteiger partial charge >= 0.3 is 11.9 Å². The van der Waals surface area contributed by atoms with Crippen molar-refractivity contribution in [3.05, 3.63) is 35.4 Å². The monoisotopic (exact) mass is 332 g/mol.